The molecule has 0 aromatic heterocycles. The number of aliphatic carboxylic acids is 1. The Balaban J connectivity index is 2.83. The van der Waals surface area contributed by atoms with Crippen LogP contribution in [0.4, 0.5) is 4.79 Å². The number of hydrogen-bond acceptors (Lipinski definition) is 5. The van der Waals surface area contributed by atoms with Crippen LogP contribution in [0.5, 0.6) is 5.75 Å². The Bertz CT molecular complexity index is 504. The second-order valence-corrected chi connectivity index (χ2v) is 5.80. The molecule has 1 atom stereocenters. The van der Waals surface area contributed by atoms with Crippen molar-refractivity contribution in [3.63, 3.8) is 0 Å². The van der Waals surface area contributed by atoms with Crippen LogP contribution < -0.4 is 5.11 Å². The Morgan fingerprint density at radius 3 is 2.24 bits per heavy atom. The molecule has 6 heteroatoms. The number of aromatic hydroxyl groups is 1. The van der Waals surface area contributed by atoms with Crippen LogP contribution in [-0.4, -0.2) is 40.8 Å². The van der Waals surface area contributed by atoms with Crippen molar-refractivity contribution >= 4 is 12.1 Å². The van der Waals surface area contributed by atoms with Crippen LogP contribution in [0, 0.1) is 0 Å². The predicted molar refractivity (Wildman–Crippen MR) is 74.6 cm³/mol. The summed E-state index contributed by atoms with van der Waals surface area (Å²) in [5, 5.41) is 20.5. The topological polar surface area (TPSA) is 89.9 Å². The molecule has 0 saturated heterocycles. The molecule has 1 rings (SSSR count). The highest BCUT2D eigenvalue weighted by Gasteiger charge is 2.26. The Morgan fingerprint density at radius 2 is 1.81 bits per heavy atom. The number of phenolic OH excluding ortho intramolecular Hbond substituents is 1. The molecular weight excluding hydrogens is 274 g/mol. The number of phenols is 1. The van der Waals surface area contributed by atoms with Crippen molar-refractivity contribution in [1.29, 1.82) is 0 Å². The Kier molecular flexibility index (Phi) is 5.18. The molecule has 6 nitrogen and oxygen atoms in total. The number of carboxylic acids is 1. The minimum atomic E-state index is -1.36. The second kappa shape index (κ2) is 6.47. The van der Waals surface area contributed by atoms with Crippen LogP contribution >= 0.6 is 0 Å². The zero-order valence-electron chi connectivity index (χ0n) is 12.6. The van der Waals surface area contributed by atoms with Gasteiger partial charge in [-0.3, -0.25) is 0 Å². The van der Waals surface area contributed by atoms with Crippen LogP contribution in [0.25, 0.3) is 0 Å². The summed E-state index contributed by atoms with van der Waals surface area (Å²) in [5.41, 5.74) is -0.0437. The summed E-state index contributed by atoms with van der Waals surface area (Å²) in [6, 6.07) is 4.94. The molecule has 0 bridgehead atoms. The van der Waals surface area contributed by atoms with Crippen molar-refractivity contribution in [2.75, 3.05) is 7.05 Å². The van der Waals surface area contributed by atoms with Crippen molar-refractivity contribution in [2.24, 2.45) is 0 Å². The standard InChI is InChI=1S/C15H21NO5/c1-15(2,3)21-14(20)16(4)12(13(18)19)9-10-5-7-11(17)8-6-10/h5-8,12,17H,9H2,1-4H3,(H,18,19)/p-1/t12-/m1/s1. The van der Waals surface area contributed by atoms with Gasteiger partial charge in [0.25, 0.3) is 0 Å². The summed E-state index contributed by atoms with van der Waals surface area (Å²) < 4.78 is 5.14. The summed E-state index contributed by atoms with van der Waals surface area (Å²) in [5.74, 6) is -1.28. The van der Waals surface area contributed by atoms with E-state index in [0.29, 0.717) is 5.56 Å². The molecular formula is C15H20NO5-. The highest BCUT2D eigenvalue weighted by molar-refractivity contribution is 5.79. The lowest BCUT2D eigenvalue weighted by Gasteiger charge is -2.31. The summed E-state index contributed by atoms with van der Waals surface area (Å²) in [4.78, 5) is 24.2. The van der Waals surface area contributed by atoms with Crippen molar-refractivity contribution in [2.45, 2.75) is 38.8 Å². The van der Waals surface area contributed by atoms with Crippen LogP contribution in [0.2, 0.25) is 0 Å². The fourth-order valence-electron chi connectivity index (χ4n) is 1.69. The lowest BCUT2D eigenvalue weighted by Crippen LogP contribution is -2.51. The Morgan fingerprint density at radius 1 is 1.29 bits per heavy atom. The number of hydrogen-bond donors (Lipinski definition) is 1. The van der Waals surface area contributed by atoms with E-state index in [0.717, 1.165) is 4.90 Å². The fraction of sp³-hybridized carbons (Fsp3) is 0.467. The first-order valence-electron chi connectivity index (χ1n) is 6.55. The molecule has 1 aromatic rings. The fourth-order valence-corrected chi connectivity index (χ4v) is 1.69. The molecule has 0 fully saturated rings. The van der Waals surface area contributed by atoms with Gasteiger partial charge in [0.2, 0.25) is 0 Å². The Labute approximate surface area is 124 Å². The van der Waals surface area contributed by atoms with E-state index in [1.165, 1.54) is 19.2 Å². The first-order chi connectivity index (χ1) is 9.60. The molecule has 116 valence electrons. The van der Waals surface area contributed by atoms with E-state index in [1.54, 1.807) is 32.9 Å². The molecule has 0 saturated carbocycles. The van der Waals surface area contributed by atoms with Gasteiger partial charge in [0.05, 0.1) is 12.0 Å². The number of ether oxygens (including phenoxy) is 1. The van der Waals surface area contributed by atoms with Gasteiger partial charge < -0.3 is 24.6 Å². The number of carboxylic acid groups (broad SMARTS) is 1. The van der Waals surface area contributed by atoms with Crippen molar-refractivity contribution < 1.29 is 24.5 Å². The van der Waals surface area contributed by atoms with Crippen molar-refractivity contribution in [3.05, 3.63) is 29.8 Å². The van der Waals surface area contributed by atoms with Gasteiger partial charge in [-0.05, 0) is 44.9 Å². The summed E-state index contributed by atoms with van der Waals surface area (Å²) >= 11 is 0. The number of nitrogens with zero attached hydrogens (tertiary/aromatic N) is 1. The summed E-state index contributed by atoms with van der Waals surface area (Å²) in [7, 11) is 1.36. The lowest BCUT2D eigenvalue weighted by molar-refractivity contribution is -0.310. The maximum atomic E-state index is 11.9. The summed E-state index contributed by atoms with van der Waals surface area (Å²) in [6.45, 7) is 5.10. The van der Waals surface area contributed by atoms with E-state index < -0.39 is 23.7 Å². The van der Waals surface area contributed by atoms with Crippen LogP contribution in [0.3, 0.4) is 0 Å². The van der Waals surface area contributed by atoms with E-state index in [9.17, 15) is 19.8 Å². The van der Waals surface area contributed by atoms with Gasteiger partial charge in [0, 0.05) is 7.05 Å². The zero-order chi connectivity index (χ0) is 16.2. The van der Waals surface area contributed by atoms with Gasteiger partial charge in [0.15, 0.2) is 0 Å². The molecule has 0 aliphatic carbocycles. The molecule has 1 N–H and O–H groups in total. The highest BCUT2D eigenvalue weighted by Crippen LogP contribution is 2.15. The van der Waals surface area contributed by atoms with Crippen molar-refractivity contribution in [3.8, 4) is 5.75 Å². The molecule has 1 amide bonds. The Hall–Kier alpha value is -2.24. The van der Waals surface area contributed by atoms with E-state index in [2.05, 4.69) is 0 Å². The maximum Gasteiger partial charge on any atom is 0.410 e. The monoisotopic (exact) mass is 294 g/mol. The lowest BCUT2D eigenvalue weighted by atomic mass is 10.1. The van der Waals surface area contributed by atoms with E-state index in [1.807, 2.05) is 0 Å². The summed E-state index contributed by atoms with van der Waals surface area (Å²) in [6.07, 6.45) is -0.659. The van der Waals surface area contributed by atoms with Gasteiger partial charge in [-0.15, -0.1) is 0 Å². The van der Waals surface area contributed by atoms with Gasteiger partial charge >= 0.3 is 6.09 Å². The molecule has 0 aliphatic heterocycles. The molecule has 1 aromatic carbocycles. The van der Waals surface area contributed by atoms with E-state index >= 15 is 0 Å². The highest BCUT2D eigenvalue weighted by atomic mass is 16.6. The quantitative estimate of drug-likeness (QED) is 0.891. The van der Waals surface area contributed by atoms with Gasteiger partial charge in [-0.2, -0.15) is 0 Å². The minimum absolute atomic E-state index is 0.0678. The van der Waals surface area contributed by atoms with Crippen molar-refractivity contribution in [1.82, 2.24) is 4.90 Å². The number of carbonyl (C=O) groups excluding carboxylic acids is 2. The van der Waals surface area contributed by atoms with Gasteiger partial charge in [0.1, 0.15) is 11.4 Å². The van der Waals surface area contributed by atoms with Crippen LogP contribution in [0.15, 0.2) is 24.3 Å². The third-order valence-electron chi connectivity index (χ3n) is 2.79. The van der Waals surface area contributed by atoms with E-state index in [-0.39, 0.29) is 12.2 Å². The van der Waals surface area contributed by atoms with Gasteiger partial charge in [-0.25, -0.2) is 4.79 Å². The number of rotatable bonds is 4. The van der Waals surface area contributed by atoms with E-state index in [4.69, 9.17) is 4.74 Å². The number of carbonyl (C=O) groups is 2. The average molecular weight is 294 g/mol. The molecule has 0 unspecified atom stereocenters. The number of benzene rings is 1. The minimum Gasteiger partial charge on any atom is -0.548 e. The molecule has 21 heavy (non-hydrogen) atoms. The average Bonchev–Trinajstić information content (AvgIpc) is 2.34. The molecule has 0 heterocycles. The number of likely N-dealkylation sites (N-methyl/N-ethyl adjacent to an activating group) is 1. The van der Waals surface area contributed by atoms with Crippen LogP contribution in [0.1, 0.15) is 26.3 Å². The zero-order valence-corrected chi connectivity index (χ0v) is 12.6. The first kappa shape index (κ1) is 16.8. The second-order valence-electron chi connectivity index (χ2n) is 5.80. The maximum absolute atomic E-state index is 11.9. The molecule has 0 spiro atoms. The SMILES string of the molecule is CN(C(=O)OC(C)(C)C)[C@H](Cc1ccc(O)cc1)C(=O)[O-]. The first-order valence-corrected chi connectivity index (χ1v) is 6.55. The van der Waals surface area contributed by atoms with Crippen LogP contribution in [-0.2, 0) is 16.0 Å². The number of amides is 1. The largest absolute Gasteiger partial charge is 0.548 e. The predicted octanol–water partition coefficient (Wildman–Crippen LogP) is 0.920. The third-order valence-corrected chi connectivity index (χ3v) is 2.79. The van der Waals surface area contributed by atoms with Gasteiger partial charge in [-0.1, -0.05) is 12.1 Å². The molecule has 0 radical (unpaired) electrons. The molecule has 0 aliphatic rings. The normalized spacial score (nSPS) is 12.6. The smallest absolute Gasteiger partial charge is 0.410 e. The third kappa shape index (κ3) is 5.33.